The Bertz CT molecular complexity index is 759. The molecular formula is C19H21NO3S2. The van der Waals surface area contributed by atoms with E-state index in [4.69, 9.17) is 4.74 Å². The van der Waals surface area contributed by atoms with Gasteiger partial charge in [0.2, 0.25) is 0 Å². The molecule has 1 N–H and O–H groups in total. The number of carbonyl (C=O) groups is 2. The van der Waals surface area contributed by atoms with E-state index >= 15 is 0 Å². The van der Waals surface area contributed by atoms with Crippen molar-refractivity contribution < 1.29 is 14.3 Å². The molecule has 132 valence electrons. The van der Waals surface area contributed by atoms with E-state index in [0.717, 1.165) is 28.0 Å². The first-order valence-corrected chi connectivity index (χ1v) is 10.5. The van der Waals surface area contributed by atoms with Gasteiger partial charge < -0.3 is 10.1 Å². The highest BCUT2D eigenvalue weighted by atomic mass is 32.2. The monoisotopic (exact) mass is 375 g/mol. The molecule has 0 unspecified atom stereocenters. The Morgan fingerprint density at radius 3 is 2.76 bits per heavy atom. The first-order valence-electron chi connectivity index (χ1n) is 8.30. The van der Waals surface area contributed by atoms with Crippen molar-refractivity contribution >= 4 is 51.9 Å². The summed E-state index contributed by atoms with van der Waals surface area (Å²) in [6.45, 7) is 1.61. The molecule has 3 rings (SSSR count). The normalized spacial score (nSPS) is 18.5. The first kappa shape index (κ1) is 18.1. The minimum absolute atomic E-state index is 0.294. The van der Waals surface area contributed by atoms with Crippen LogP contribution in [-0.2, 0) is 14.3 Å². The molecule has 1 fully saturated rings. The summed E-state index contributed by atoms with van der Waals surface area (Å²) >= 11 is 3.67. The number of anilines is 1. The Balaban J connectivity index is 1.53. The largest absolute Gasteiger partial charge is 0.452 e. The van der Waals surface area contributed by atoms with Gasteiger partial charge in [0.25, 0.3) is 5.91 Å². The molecule has 2 aromatic rings. The van der Waals surface area contributed by atoms with Crippen molar-refractivity contribution in [3.63, 3.8) is 0 Å². The van der Waals surface area contributed by atoms with Gasteiger partial charge in [0.05, 0.1) is 6.42 Å². The van der Waals surface area contributed by atoms with E-state index in [9.17, 15) is 9.59 Å². The van der Waals surface area contributed by atoms with Gasteiger partial charge in [0.15, 0.2) is 6.10 Å². The van der Waals surface area contributed by atoms with Crippen LogP contribution in [0.25, 0.3) is 10.8 Å². The second-order valence-corrected chi connectivity index (χ2v) is 8.51. The fourth-order valence-electron chi connectivity index (χ4n) is 2.65. The molecule has 0 aromatic heterocycles. The van der Waals surface area contributed by atoms with Gasteiger partial charge in [-0.05, 0) is 29.8 Å². The van der Waals surface area contributed by atoms with Crippen LogP contribution in [0.5, 0.6) is 0 Å². The Morgan fingerprint density at radius 1 is 1.20 bits per heavy atom. The summed E-state index contributed by atoms with van der Waals surface area (Å²) < 4.78 is 5.30. The van der Waals surface area contributed by atoms with Gasteiger partial charge >= 0.3 is 5.97 Å². The van der Waals surface area contributed by atoms with Crippen molar-refractivity contribution in [3.8, 4) is 0 Å². The van der Waals surface area contributed by atoms with E-state index in [1.54, 1.807) is 6.92 Å². The number of benzene rings is 2. The molecule has 2 aromatic carbocycles. The number of fused-ring (bicyclic) bond motifs is 1. The molecule has 1 heterocycles. The second kappa shape index (κ2) is 8.63. The van der Waals surface area contributed by atoms with Crippen LogP contribution < -0.4 is 5.32 Å². The van der Waals surface area contributed by atoms with Crippen molar-refractivity contribution in [2.45, 2.75) is 24.7 Å². The number of carbonyl (C=O) groups excluding carboxylic acids is 2. The van der Waals surface area contributed by atoms with Crippen molar-refractivity contribution in [2.75, 3.05) is 22.6 Å². The van der Waals surface area contributed by atoms with E-state index in [2.05, 4.69) is 5.32 Å². The first-order chi connectivity index (χ1) is 12.1. The third-order valence-electron chi connectivity index (χ3n) is 3.97. The fourth-order valence-corrected chi connectivity index (χ4v) is 5.31. The van der Waals surface area contributed by atoms with E-state index < -0.39 is 6.10 Å². The van der Waals surface area contributed by atoms with Gasteiger partial charge in [-0.1, -0.05) is 30.3 Å². The number of nitrogens with one attached hydrogen (secondary N) is 1. The summed E-state index contributed by atoms with van der Waals surface area (Å²) in [6, 6.07) is 13.7. The van der Waals surface area contributed by atoms with Crippen LogP contribution in [0.2, 0.25) is 0 Å². The molecule has 0 spiro atoms. The van der Waals surface area contributed by atoms with Crippen LogP contribution in [0.3, 0.4) is 0 Å². The van der Waals surface area contributed by atoms with Gasteiger partial charge in [0, 0.05) is 28.2 Å². The summed E-state index contributed by atoms with van der Waals surface area (Å²) in [4.78, 5) is 24.3. The molecule has 1 amide bonds. The number of rotatable bonds is 5. The summed E-state index contributed by atoms with van der Waals surface area (Å²) in [7, 11) is 0. The second-order valence-electron chi connectivity index (χ2n) is 5.96. The molecule has 0 aliphatic carbocycles. The third-order valence-corrected chi connectivity index (χ3v) is 6.82. The highest BCUT2D eigenvalue weighted by Crippen LogP contribution is 2.26. The lowest BCUT2D eigenvalue weighted by Crippen LogP contribution is -2.31. The standard InChI is InChI=1S/C19H21NO3S2/c1-13(23-18(21)11-17-12-24-8-9-25-17)19(22)20-16-7-6-14-4-2-3-5-15(14)10-16/h2-7,10,13,17H,8-9,11-12H2,1H3,(H,20,22)/t13-,17-/m1/s1. The molecule has 1 aliphatic heterocycles. The van der Waals surface area contributed by atoms with Crippen molar-refractivity contribution in [1.82, 2.24) is 0 Å². The molecular weight excluding hydrogens is 354 g/mol. The number of ether oxygens (including phenoxy) is 1. The highest BCUT2D eigenvalue weighted by molar-refractivity contribution is 8.06. The molecule has 1 aliphatic rings. The van der Waals surface area contributed by atoms with Gasteiger partial charge in [-0.3, -0.25) is 9.59 Å². The maximum atomic E-state index is 12.3. The average Bonchev–Trinajstić information content (AvgIpc) is 2.62. The molecule has 0 saturated carbocycles. The van der Waals surface area contributed by atoms with E-state index in [1.165, 1.54) is 0 Å². The zero-order chi connectivity index (χ0) is 17.6. The molecule has 6 heteroatoms. The third kappa shape index (κ3) is 5.16. The Labute approximate surface area is 156 Å². The SMILES string of the molecule is C[C@@H](OC(=O)C[C@@H]1CSCCS1)C(=O)Nc1ccc2ccccc2c1. The van der Waals surface area contributed by atoms with Crippen LogP contribution in [0.1, 0.15) is 13.3 Å². The highest BCUT2D eigenvalue weighted by Gasteiger charge is 2.22. The zero-order valence-corrected chi connectivity index (χ0v) is 15.7. The summed E-state index contributed by atoms with van der Waals surface area (Å²) in [5.41, 5.74) is 0.700. The van der Waals surface area contributed by atoms with Crippen LogP contribution in [-0.4, -0.2) is 40.5 Å². The number of hydrogen-bond acceptors (Lipinski definition) is 5. The molecule has 0 radical (unpaired) electrons. The summed E-state index contributed by atoms with van der Waals surface area (Å²) in [6.07, 6.45) is -0.439. The van der Waals surface area contributed by atoms with E-state index in [1.807, 2.05) is 66.0 Å². The number of thioether (sulfide) groups is 2. The van der Waals surface area contributed by atoms with Crippen LogP contribution in [0, 0.1) is 0 Å². The van der Waals surface area contributed by atoms with Gasteiger partial charge in [-0.2, -0.15) is 23.5 Å². The average molecular weight is 376 g/mol. The van der Waals surface area contributed by atoms with E-state index in [-0.39, 0.29) is 11.9 Å². The molecule has 25 heavy (non-hydrogen) atoms. The van der Waals surface area contributed by atoms with Crippen LogP contribution in [0.4, 0.5) is 5.69 Å². The van der Waals surface area contributed by atoms with Crippen LogP contribution in [0.15, 0.2) is 42.5 Å². The molecule has 1 saturated heterocycles. The lowest BCUT2D eigenvalue weighted by Gasteiger charge is -2.21. The minimum atomic E-state index is -0.805. The molecule has 2 atom stereocenters. The maximum Gasteiger partial charge on any atom is 0.307 e. The minimum Gasteiger partial charge on any atom is -0.452 e. The van der Waals surface area contributed by atoms with E-state index in [0.29, 0.717) is 17.4 Å². The molecule has 0 bridgehead atoms. The maximum absolute atomic E-state index is 12.3. The van der Waals surface area contributed by atoms with Crippen LogP contribution >= 0.6 is 23.5 Å². The van der Waals surface area contributed by atoms with Gasteiger partial charge in [-0.15, -0.1) is 0 Å². The molecule has 4 nitrogen and oxygen atoms in total. The van der Waals surface area contributed by atoms with Gasteiger partial charge in [0.1, 0.15) is 0 Å². The lowest BCUT2D eigenvalue weighted by molar-refractivity contribution is -0.153. The van der Waals surface area contributed by atoms with Gasteiger partial charge in [-0.25, -0.2) is 0 Å². The number of amides is 1. The predicted molar refractivity (Wildman–Crippen MR) is 106 cm³/mol. The summed E-state index contributed by atoms with van der Waals surface area (Å²) in [5.74, 6) is 2.56. The van der Waals surface area contributed by atoms with Crippen molar-refractivity contribution in [3.05, 3.63) is 42.5 Å². The smallest absolute Gasteiger partial charge is 0.307 e. The topological polar surface area (TPSA) is 55.4 Å². The fraction of sp³-hybridized carbons (Fsp3) is 0.368. The predicted octanol–water partition coefficient (Wildman–Crippen LogP) is 3.95. The lowest BCUT2D eigenvalue weighted by atomic mass is 10.1. The Kier molecular flexibility index (Phi) is 6.26. The Hall–Kier alpha value is -1.66. The number of esters is 1. The zero-order valence-electron chi connectivity index (χ0n) is 14.1. The number of hydrogen-bond donors (Lipinski definition) is 1. The van der Waals surface area contributed by atoms with Crippen molar-refractivity contribution in [1.29, 1.82) is 0 Å². The summed E-state index contributed by atoms with van der Waals surface area (Å²) in [5, 5.41) is 5.28. The Morgan fingerprint density at radius 2 is 2.00 bits per heavy atom. The van der Waals surface area contributed by atoms with Crippen molar-refractivity contribution in [2.24, 2.45) is 0 Å². The quantitative estimate of drug-likeness (QED) is 0.802.